The fourth-order valence-electron chi connectivity index (χ4n) is 3.04. The van der Waals surface area contributed by atoms with Crippen LogP contribution in [0.2, 0.25) is 0 Å². The molecule has 0 aliphatic carbocycles. The minimum atomic E-state index is 0.936. The second-order valence-corrected chi connectivity index (χ2v) is 5.33. The molecular weight excluding hydrogens is 258 g/mol. The van der Waals surface area contributed by atoms with Crippen LogP contribution >= 0.6 is 0 Å². The smallest absolute Gasteiger partial charge is 0.0744 e. The summed E-state index contributed by atoms with van der Waals surface area (Å²) in [6.45, 7) is 2.00. The standard InChI is InChI=1S/C18H17N3/c1-2-6-15(7-3-1)21-18(10-12-20-21)16-8-4-5-14-9-11-19-13-17(14)16/h1-8,10,12,19H,9,11,13H2. The highest BCUT2D eigenvalue weighted by Crippen LogP contribution is 2.29. The molecule has 3 heteroatoms. The molecule has 3 aromatic rings. The third-order valence-electron chi connectivity index (χ3n) is 4.07. The van der Waals surface area contributed by atoms with Gasteiger partial charge in [-0.3, -0.25) is 0 Å². The van der Waals surface area contributed by atoms with Crippen molar-refractivity contribution in [3.8, 4) is 16.9 Å². The van der Waals surface area contributed by atoms with Gasteiger partial charge in [0.25, 0.3) is 0 Å². The Labute approximate surface area is 124 Å². The normalized spacial score (nSPS) is 13.9. The van der Waals surface area contributed by atoms with E-state index in [9.17, 15) is 0 Å². The highest BCUT2D eigenvalue weighted by molar-refractivity contribution is 5.67. The van der Waals surface area contributed by atoms with E-state index in [-0.39, 0.29) is 0 Å². The topological polar surface area (TPSA) is 29.9 Å². The van der Waals surface area contributed by atoms with Crippen LogP contribution in [0.15, 0.2) is 60.8 Å². The summed E-state index contributed by atoms with van der Waals surface area (Å²) in [5, 5.41) is 7.98. The van der Waals surface area contributed by atoms with Gasteiger partial charge in [-0.2, -0.15) is 5.10 Å². The molecule has 104 valence electrons. The third-order valence-corrected chi connectivity index (χ3v) is 4.07. The summed E-state index contributed by atoms with van der Waals surface area (Å²) in [4.78, 5) is 0. The molecule has 0 atom stereocenters. The fraction of sp³-hybridized carbons (Fsp3) is 0.167. The Morgan fingerprint density at radius 1 is 0.952 bits per heavy atom. The van der Waals surface area contributed by atoms with Gasteiger partial charge in [0.05, 0.1) is 17.6 Å². The molecule has 4 rings (SSSR count). The summed E-state index contributed by atoms with van der Waals surface area (Å²) < 4.78 is 2.02. The number of fused-ring (bicyclic) bond motifs is 1. The van der Waals surface area contributed by atoms with E-state index in [1.165, 1.54) is 16.7 Å². The Balaban J connectivity index is 1.88. The fourth-order valence-corrected chi connectivity index (χ4v) is 3.04. The predicted octanol–water partition coefficient (Wildman–Crippen LogP) is 3.19. The van der Waals surface area contributed by atoms with Crippen molar-refractivity contribution >= 4 is 0 Å². The first kappa shape index (κ1) is 12.4. The molecule has 21 heavy (non-hydrogen) atoms. The number of para-hydroxylation sites is 1. The van der Waals surface area contributed by atoms with E-state index in [1.54, 1.807) is 0 Å². The monoisotopic (exact) mass is 275 g/mol. The second-order valence-electron chi connectivity index (χ2n) is 5.33. The van der Waals surface area contributed by atoms with Crippen LogP contribution in [-0.4, -0.2) is 16.3 Å². The molecule has 1 aliphatic heterocycles. The van der Waals surface area contributed by atoms with Crippen molar-refractivity contribution in [3.05, 3.63) is 71.9 Å². The summed E-state index contributed by atoms with van der Waals surface area (Å²) in [5.74, 6) is 0. The number of nitrogens with zero attached hydrogens (tertiary/aromatic N) is 2. The Morgan fingerprint density at radius 2 is 1.86 bits per heavy atom. The van der Waals surface area contributed by atoms with E-state index in [0.29, 0.717) is 0 Å². The van der Waals surface area contributed by atoms with Crippen LogP contribution in [0.1, 0.15) is 11.1 Å². The van der Waals surface area contributed by atoms with Crippen molar-refractivity contribution in [1.29, 1.82) is 0 Å². The molecule has 0 bridgehead atoms. The maximum atomic E-state index is 4.51. The Bertz CT molecular complexity index is 759. The molecule has 0 unspecified atom stereocenters. The van der Waals surface area contributed by atoms with Crippen molar-refractivity contribution in [2.45, 2.75) is 13.0 Å². The van der Waals surface area contributed by atoms with Crippen LogP contribution in [0.4, 0.5) is 0 Å². The van der Waals surface area contributed by atoms with Gasteiger partial charge in [-0.05, 0) is 42.3 Å². The highest BCUT2D eigenvalue weighted by Gasteiger charge is 2.16. The van der Waals surface area contributed by atoms with Gasteiger partial charge in [-0.1, -0.05) is 36.4 Å². The zero-order chi connectivity index (χ0) is 14.1. The lowest BCUT2D eigenvalue weighted by molar-refractivity contribution is 0.644. The maximum absolute atomic E-state index is 4.51. The molecular formula is C18H17N3. The number of aromatic nitrogens is 2. The van der Waals surface area contributed by atoms with E-state index in [0.717, 1.165) is 30.9 Å². The van der Waals surface area contributed by atoms with Gasteiger partial charge in [-0.25, -0.2) is 4.68 Å². The molecule has 0 amide bonds. The number of nitrogens with one attached hydrogen (secondary N) is 1. The van der Waals surface area contributed by atoms with Crippen LogP contribution in [0.5, 0.6) is 0 Å². The summed E-state index contributed by atoms with van der Waals surface area (Å²) in [6, 6.07) is 19.0. The van der Waals surface area contributed by atoms with E-state index < -0.39 is 0 Å². The molecule has 1 N–H and O–H groups in total. The lowest BCUT2D eigenvalue weighted by Gasteiger charge is -2.20. The van der Waals surface area contributed by atoms with Gasteiger partial charge < -0.3 is 5.32 Å². The van der Waals surface area contributed by atoms with Gasteiger partial charge in [0.15, 0.2) is 0 Å². The highest BCUT2D eigenvalue weighted by atomic mass is 15.3. The number of hydrogen-bond acceptors (Lipinski definition) is 2. The molecule has 1 aromatic heterocycles. The first-order chi connectivity index (χ1) is 10.4. The van der Waals surface area contributed by atoms with E-state index in [1.807, 2.05) is 29.1 Å². The first-order valence-corrected chi connectivity index (χ1v) is 7.35. The average Bonchev–Trinajstić information content (AvgIpc) is 3.04. The van der Waals surface area contributed by atoms with Crippen LogP contribution < -0.4 is 5.32 Å². The largest absolute Gasteiger partial charge is 0.312 e. The second kappa shape index (κ2) is 5.19. The van der Waals surface area contributed by atoms with Gasteiger partial charge >= 0.3 is 0 Å². The van der Waals surface area contributed by atoms with Gasteiger partial charge in [0.2, 0.25) is 0 Å². The Hall–Kier alpha value is -2.39. The molecule has 3 nitrogen and oxygen atoms in total. The lowest BCUT2D eigenvalue weighted by Crippen LogP contribution is -2.24. The summed E-state index contributed by atoms with van der Waals surface area (Å²) in [5.41, 5.74) is 6.38. The van der Waals surface area contributed by atoms with Crippen LogP contribution in [0, 0.1) is 0 Å². The summed E-state index contributed by atoms with van der Waals surface area (Å²) in [7, 11) is 0. The van der Waals surface area contributed by atoms with Crippen LogP contribution in [0.25, 0.3) is 16.9 Å². The summed E-state index contributed by atoms with van der Waals surface area (Å²) >= 11 is 0. The molecule has 0 fully saturated rings. The van der Waals surface area contributed by atoms with E-state index in [2.05, 4.69) is 46.8 Å². The molecule has 2 aromatic carbocycles. The minimum absolute atomic E-state index is 0.936. The molecule has 0 spiro atoms. The third kappa shape index (κ3) is 2.16. The Kier molecular flexibility index (Phi) is 3.05. The van der Waals surface area contributed by atoms with Crippen LogP contribution in [0.3, 0.4) is 0 Å². The zero-order valence-electron chi connectivity index (χ0n) is 11.8. The quantitative estimate of drug-likeness (QED) is 0.778. The lowest BCUT2D eigenvalue weighted by atomic mass is 9.94. The maximum Gasteiger partial charge on any atom is 0.0744 e. The molecule has 0 saturated carbocycles. The molecule has 0 saturated heterocycles. The molecule has 1 aliphatic rings. The van der Waals surface area contributed by atoms with Gasteiger partial charge in [0.1, 0.15) is 0 Å². The Morgan fingerprint density at radius 3 is 2.76 bits per heavy atom. The van der Waals surface area contributed by atoms with Crippen LogP contribution in [-0.2, 0) is 13.0 Å². The first-order valence-electron chi connectivity index (χ1n) is 7.35. The van der Waals surface area contributed by atoms with Gasteiger partial charge in [-0.15, -0.1) is 0 Å². The van der Waals surface area contributed by atoms with Crippen molar-refractivity contribution in [1.82, 2.24) is 15.1 Å². The average molecular weight is 275 g/mol. The van der Waals surface area contributed by atoms with Crippen molar-refractivity contribution < 1.29 is 0 Å². The van der Waals surface area contributed by atoms with E-state index in [4.69, 9.17) is 0 Å². The number of benzene rings is 2. The summed E-state index contributed by atoms with van der Waals surface area (Å²) in [6.07, 6.45) is 2.97. The van der Waals surface area contributed by atoms with Crippen molar-refractivity contribution in [2.75, 3.05) is 6.54 Å². The van der Waals surface area contributed by atoms with Crippen molar-refractivity contribution in [3.63, 3.8) is 0 Å². The SMILES string of the molecule is c1ccc(-n2nccc2-c2cccc3c2CNCC3)cc1. The van der Waals surface area contributed by atoms with Gasteiger partial charge in [0, 0.05) is 12.1 Å². The zero-order valence-corrected chi connectivity index (χ0v) is 11.8. The predicted molar refractivity (Wildman–Crippen MR) is 84.4 cm³/mol. The molecule has 0 radical (unpaired) electrons. The molecule has 2 heterocycles. The number of rotatable bonds is 2. The number of hydrogen-bond donors (Lipinski definition) is 1. The minimum Gasteiger partial charge on any atom is -0.312 e. The van der Waals surface area contributed by atoms with Crippen molar-refractivity contribution in [2.24, 2.45) is 0 Å². The van der Waals surface area contributed by atoms with E-state index >= 15 is 0 Å².